The minimum Gasteiger partial charge on any atom is -0.459 e. The largest absolute Gasteiger partial charge is 0.459 e. The zero-order valence-electron chi connectivity index (χ0n) is 15.4. The van der Waals surface area contributed by atoms with Crippen LogP contribution in [0.4, 0.5) is 6.01 Å². The highest BCUT2D eigenvalue weighted by Gasteiger charge is 2.28. The molecular formula is C20H18N4O5. The fourth-order valence-corrected chi connectivity index (χ4v) is 3.02. The van der Waals surface area contributed by atoms with Crippen LogP contribution in [0.1, 0.15) is 31.4 Å². The van der Waals surface area contributed by atoms with E-state index in [0.29, 0.717) is 31.7 Å². The van der Waals surface area contributed by atoms with Crippen molar-refractivity contribution in [2.45, 2.75) is 0 Å². The smallest absolute Gasteiger partial charge is 0.302 e. The summed E-state index contributed by atoms with van der Waals surface area (Å²) in [6.45, 7) is 1.51. The molecule has 29 heavy (non-hydrogen) atoms. The predicted molar refractivity (Wildman–Crippen MR) is 101 cm³/mol. The van der Waals surface area contributed by atoms with Gasteiger partial charge in [0.05, 0.1) is 6.26 Å². The minimum atomic E-state index is -0.378. The fraction of sp³-hybridized carbons (Fsp3) is 0.200. The molecule has 1 fully saturated rings. The van der Waals surface area contributed by atoms with Gasteiger partial charge in [-0.05, 0) is 24.3 Å². The second-order valence-corrected chi connectivity index (χ2v) is 6.42. The van der Waals surface area contributed by atoms with Crippen molar-refractivity contribution in [2.24, 2.45) is 0 Å². The number of benzene rings is 1. The van der Waals surface area contributed by atoms with Crippen molar-refractivity contribution < 1.29 is 23.2 Å². The van der Waals surface area contributed by atoms with Crippen LogP contribution in [-0.2, 0) is 0 Å². The highest BCUT2D eigenvalue weighted by Crippen LogP contribution is 2.14. The third-order valence-corrected chi connectivity index (χ3v) is 4.57. The molecule has 1 N–H and O–H groups in total. The van der Waals surface area contributed by atoms with Crippen molar-refractivity contribution in [1.29, 1.82) is 0 Å². The van der Waals surface area contributed by atoms with E-state index in [-0.39, 0.29) is 35.2 Å². The Kier molecular flexibility index (Phi) is 5.10. The lowest BCUT2D eigenvalue weighted by molar-refractivity contribution is 0.0515. The molecule has 0 aliphatic carbocycles. The van der Waals surface area contributed by atoms with E-state index in [2.05, 4.69) is 10.3 Å². The summed E-state index contributed by atoms with van der Waals surface area (Å²) < 4.78 is 10.3. The molecule has 0 radical (unpaired) electrons. The average molecular weight is 394 g/mol. The van der Waals surface area contributed by atoms with Crippen LogP contribution in [0.15, 0.2) is 63.8 Å². The molecule has 0 unspecified atom stereocenters. The van der Waals surface area contributed by atoms with Crippen LogP contribution in [0.5, 0.6) is 0 Å². The normalized spacial score (nSPS) is 13.9. The summed E-state index contributed by atoms with van der Waals surface area (Å²) >= 11 is 0. The van der Waals surface area contributed by atoms with E-state index < -0.39 is 0 Å². The number of amides is 3. The van der Waals surface area contributed by atoms with Gasteiger partial charge >= 0.3 is 6.01 Å². The Labute approximate surface area is 165 Å². The summed E-state index contributed by atoms with van der Waals surface area (Å²) in [6.07, 6.45) is 2.66. The molecule has 1 aliphatic rings. The maximum Gasteiger partial charge on any atom is 0.302 e. The molecule has 0 saturated carbocycles. The van der Waals surface area contributed by atoms with Gasteiger partial charge < -0.3 is 18.6 Å². The second-order valence-electron chi connectivity index (χ2n) is 6.42. The molecule has 1 aliphatic heterocycles. The van der Waals surface area contributed by atoms with Gasteiger partial charge in [0.1, 0.15) is 6.26 Å². The van der Waals surface area contributed by atoms with Crippen molar-refractivity contribution in [3.05, 3.63) is 72.0 Å². The maximum absolute atomic E-state index is 12.6. The number of aromatic nitrogens is 1. The number of hydrogen-bond acceptors (Lipinski definition) is 6. The molecule has 1 saturated heterocycles. The first-order valence-corrected chi connectivity index (χ1v) is 9.06. The highest BCUT2D eigenvalue weighted by atomic mass is 16.4. The van der Waals surface area contributed by atoms with E-state index in [0.717, 1.165) is 0 Å². The summed E-state index contributed by atoms with van der Waals surface area (Å²) in [5.41, 5.74) is 0.551. The third-order valence-electron chi connectivity index (χ3n) is 4.57. The molecule has 9 heteroatoms. The van der Waals surface area contributed by atoms with E-state index in [1.165, 1.54) is 12.5 Å². The van der Waals surface area contributed by atoms with Crippen LogP contribution in [-0.4, -0.2) is 58.7 Å². The summed E-state index contributed by atoms with van der Waals surface area (Å²) in [7, 11) is 0. The van der Waals surface area contributed by atoms with Gasteiger partial charge in [0.15, 0.2) is 11.5 Å². The molecule has 148 valence electrons. The number of nitrogens with zero attached hydrogens (tertiary/aromatic N) is 3. The molecule has 2 aromatic heterocycles. The summed E-state index contributed by atoms with van der Waals surface area (Å²) in [6, 6.07) is 11.8. The van der Waals surface area contributed by atoms with Crippen molar-refractivity contribution in [3.8, 4) is 0 Å². The molecular weight excluding hydrogens is 376 g/mol. The van der Waals surface area contributed by atoms with Crippen molar-refractivity contribution in [2.75, 3.05) is 31.5 Å². The molecule has 3 aromatic rings. The lowest BCUT2D eigenvalue weighted by atomic mass is 10.2. The third kappa shape index (κ3) is 4.03. The summed E-state index contributed by atoms with van der Waals surface area (Å²) in [4.78, 5) is 44.4. The van der Waals surface area contributed by atoms with E-state index in [9.17, 15) is 14.4 Å². The molecule has 3 amide bonds. The Hall–Kier alpha value is -3.88. The van der Waals surface area contributed by atoms with Gasteiger partial charge in [0.2, 0.25) is 0 Å². The summed E-state index contributed by atoms with van der Waals surface area (Å²) in [5.74, 6) is -0.620. The Bertz CT molecular complexity index is 1000. The number of hydrogen-bond donors (Lipinski definition) is 1. The molecule has 3 heterocycles. The first-order valence-electron chi connectivity index (χ1n) is 9.06. The van der Waals surface area contributed by atoms with Crippen molar-refractivity contribution >= 4 is 23.7 Å². The monoisotopic (exact) mass is 394 g/mol. The summed E-state index contributed by atoms with van der Waals surface area (Å²) in [5, 5.41) is 2.52. The van der Waals surface area contributed by atoms with Crippen molar-refractivity contribution in [1.82, 2.24) is 14.8 Å². The predicted octanol–water partition coefficient (Wildman–Crippen LogP) is 2.12. The van der Waals surface area contributed by atoms with Gasteiger partial charge in [-0.3, -0.25) is 19.7 Å². The number of anilines is 1. The van der Waals surface area contributed by atoms with E-state index in [1.807, 2.05) is 0 Å². The maximum atomic E-state index is 12.6. The van der Waals surface area contributed by atoms with Crippen LogP contribution >= 0.6 is 0 Å². The Balaban J connectivity index is 1.34. The van der Waals surface area contributed by atoms with Gasteiger partial charge in [-0.1, -0.05) is 18.2 Å². The van der Waals surface area contributed by atoms with Crippen LogP contribution in [0.2, 0.25) is 0 Å². The zero-order chi connectivity index (χ0) is 20.2. The topological polar surface area (TPSA) is 109 Å². The average Bonchev–Trinajstić information content (AvgIpc) is 3.46. The first kappa shape index (κ1) is 18.5. The molecule has 0 spiro atoms. The van der Waals surface area contributed by atoms with Crippen LogP contribution < -0.4 is 5.32 Å². The second kappa shape index (κ2) is 8.01. The molecule has 0 atom stereocenters. The number of carbonyl (C=O) groups excluding carboxylic acids is 3. The number of piperazine rings is 1. The van der Waals surface area contributed by atoms with Gasteiger partial charge in [0, 0.05) is 31.7 Å². The molecule has 0 bridgehead atoms. The van der Waals surface area contributed by atoms with E-state index in [4.69, 9.17) is 8.83 Å². The van der Waals surface area contributed by atoms with Gasteiger partial charge in [-0.2, -0.15) is 4.98 Å². The van der Waals surface area contributed by atoms with Gasteiger partial charge in [-0.15, -0.1) is 0 Å². The first-order chi connectivity index (χ1) is 14.1. The number of oxazole rings is 1. The van der Waals surface area contributed by atoms with Crippen LogP contribution in [0.3, 0.4) is 0 Å². The Morgan fingerprint density at radius 1 is 0.862 bits per heavy atom. The lowest BCUT2D eigenvalue weighted by Gasteiger charge is -2.33. The van der Waals surface area contributed by atoms with Crippen LogP contribution in [0, 0.1) is 0 Å². The lowest BCUT2D eigenvalue weighted by Crippen LogP contribution is -2.50. The van der Waals surface area contributed by atoms with Crippen molar-refractivity contribution in [3.63, 3.8) is 0 Å². The van der Waals surface area contributed by atoms with E-state index in [1.54, 1.807) is 52.3 Å². The zero-order valence-corrected chi connectivity index (χ0v) is 15.4. The quantitative estimate of drug-likeness (QED) is 0.726. The van der Waals surface area contributed by atoms with Gasteiger partial charge in [-0.25, -0.2) is 0 Å². The number of nitrogens with one attached hydrogen (secondary N) is 1. The van der Waals surface area contributed by atoms with E-state index >= 15 is 0 Å². The molecule has 1 aromatic carbocycles. The number of rotatable bonds is 4. The molecule has 9 nitrogen and oxygen atoms in total. The standard InChI is InChI=1S/C20H18N4O5/c25-17(14-5-2-1-3-6-14)22-20-21-15(13-29-20)18(26)23-8-10-24(11-9-23)19(27)16-7-4-12-28-16/h1-7,12-13H,8-11H2,(H,21,22,25). The van der Waals surface area contributed by atoms with Gasteiger partial charge in [0.25, 0.3) is 17.7 Å². The Morgan fingerprint density at radius 3 is 2.21 bits per heavy atom. The molecule has 4 rings (SSSR count). The fourth-order valence-electron chi connectivity index (χ4n) is 3.02. The SMILES string of the molecule is O=C(Nc1nc(C(=O)N2CCN(C(=O)c3ccco3)CC2)co1)c1ccccc1. The highest BCUT2D eigenvalue weighted by molar-refractivity contribution is 6.03. The van der Waals surface area contributed by atoms with Crippen LogP contribution in [0.25, 0.3) is 0 Å². The Morgan fingerprint density at radius 2 is 1.55 bits per heavy atom. The minimum absolute atomic E-state index is 0.0474. The number of furan rings is 1. The number of carbonyl (C=O) groups is 3.